The van der Waals surface area contributed by atoms with Crippen LogP contribution in [0, 0.1) is 6.92 Å². The molecule has 22 heavy (non-hydrogen) atoms. The molecular weight excluding hydrogens is 320 g/mol. The highest BCUT2D eigenvalue weighted by Gasteiger charge is 2.13. The molecule has 2 heterocycles. The number of hydrogen-bond acceptors (Lipinski definition) is 4. The van der Waals surface area contributed by atoms with Crippen LogP contribution < -0.4 is 5.32 Å². The number of thiazole rings is 1. The summed E-state index contributed by atoms with van der Waals surface area (Å²) >= 11 is 7.33. The Morgan fingerprint density at radius 2 is 2.09 bits per heavy atom. The van der Waals surface area contributed by atoms with Crippen molar-refractivity contribution in [2.24, 2.45) is 0 Å². The van der Waals surface area contributed by atoms with Gasteiger partial charge >= 0.3 is 0 Å². The van der Waals surface area contributed by atoms with Crippen molar-refractivity contribution in [2.45, 2.75) is 13.3 Å². The lowest BCUT2D eigenvalue weighted by atomic mass is 10.1. The largest absolute Gasteiger partial charge is 0.469 e. The van der Waals surface area contributed by atoms with Gasteiger partial charge in [0.1, 0.15) is 5.76 Å². The smallest absolute Gasteiger partial charge is 0.260 e. The van der Waals surface area contributed by atoms with E-state index in [1.807, 2.05) is 24.3 Å². The van der Waals surface area contributed by atoms with E-state index < -0.39 is 0 Å². The van der Waals surface area contributed by atoms with Crippen molar-refractivity contribution >= 4 is 34.0 Å². The van der Waals surface area contributed by atoms with Gasteiger partial charge in [0.15, 0.2) is 5.13 Å². The highest BCUT2D eigenvalue weighted by Crippen LogP contribution is 2.23. The van der Waals surface area contributed by atoms with Gasteiger partial charge in [0.25, 0.3) is 5.91 Å². The molecule has 0 radical (unpaired) electrons. The third kappa shape index (κ3) is 3.37. The highest BCUT2D eigenvalue weighted by atomic mass is 35.5. The van der Waals surface area contributed by atoms with E-state index in [-0.39, 0.29) is 5.91 Å². The summed E-state index contributed by atoms with van der Waals surface area (Å²) in [6.07, 6.45) is 4.03. The van der Waals surface area contributed by atoms with Crippen molar-refractivity contribution in [3.8, 4) is 0 Å². The fourth-order valence-corrected chi connectivity index (χ4v) is 3.00. The average molecular weight is 333 g/mol. The molecular formula is C16H13ClN2O2S. The number of nitrogens with zero attached hydrogens (tertiary/aromatic N) is 1. The Morgan fingerprint density at radius 1 is 1.32 bits per heavy atom. The Bertz CT molecular complexity index is 793. The molecule has 3 aromatic rings. The van der Waals surface area contributed by atoms with Gasteiger partial charge in [-0.2, -0.15) is 0 Å². The van der Waals surface area contributed by atoms with Crippen LogP contribution in [0.2, 0.25) is 5.02 Å². The van der Waals surface area contributed by atoms with Crippen LogP contribution in [0.3, 0.4) is 0 Å². The molecule has 0 unspecified atom stereocenters. The van der Waals surface area contributed by atoms with Gasteiger partial charge in [-0.05, 0) is 30.7 Å². The van der Waals surface area contributed by atoms with E-state index >= 15 is 0 Å². The standard InChI is InChI=1S/C16H13ClN2O2S/c1-10-14(6-7-21-10)15(20)19-16-18-9-13(22-16)8-11-2-4-12(17)5-3-11/h2-7,9H,8H2,1H3,(H,18,19,20). The van der Waals surface area contributed by atoms with Crippen LogP contribution in [0.5, 0.6) is 0 Å². The number of furan rings is 1. The minimum absolute atomic E-state index is 0.210. The van der Waals surface area contributed by atoms with Crippen LogP contribution in [-0.4, -0.2) is 10.9 Å². The molecule has 0 fully saturated rings. The normalized spacial score (nSPS) is 10.6. The number of benzene rings is 1. The summed E-state index contributed by atoms with van der Waals surface area (Å²) in [4.78, 5) is 17.4. The topological polar surface area (TPSA) is 55.1 Å². The number of rotatable bonds is 4. The van der Waals surface area contributed by atoms with Crippen LogP contribution >= 0.6 is 22.9 Å². The Hall–Kier alpha value is -2.11. The maximum absolute atomic E-state index is 12.1. The maximum atomic E-state index is 12.1. The summed E-state index contributed by atoms with van der Waals surface area (Å²) < 4.78 is 5.13. The predicted octanol–water partition coefficient (Wildman–Crippen LogP) is 4.54. The first-order chi connectivity index (χ1) is 10.6. The number of nitrogens with one attached hydrogen (secondary N) is 1. The molecule has 4 nitrogen and oxygen atoms in total. The molecule has 0 saturated carbocycles. The Morgan fingerprint density at radius 3 is 2.77 bits per heavy atom. The van der Waals surface area contributed by atoms with E-state index in [1.165, 1.54) is 17.6 Å². The van der Waals surface area contributed by atoms with Crippen LogP contribution in [0.4, 0.5) is 5.13 Å². The summed E-state index contributed by atoms with van der Waals surface area (Å²) in [6.45, 7) is 1.75. The van der Waals surface area contributed by atoms with Gasteiger partial charge in [-0.3, -0.25) is 10.1 Å². The number of carbonyl (C=O) groups is 1. The second kappa shape index (κ2) is 6.34. The van der Waals surface area contributed by atoms with E-state index in [9.17, 15) is 4.79 Å². The van der Waals surface area contributed by atoms with Crippen molar-refractivity contribution in [3.63, 3.8) is 0 Å². The van der Waals surface area contributed by atoms with Crippen molar-refractivity contribution < 1.29 is 9.21 Å². The predicted molar refractivity (Wildman–Crippen MR) is 87.8 cm³/mol. The van der Waals surface area contributed by atoms with Gasteiger partial charge in [0.2, 0.25) is 0 Å². The maximum Gasteiger partial charge on any atom is 0.260 e. The van der Waals surface area contributed by atoms with E-state index in [0.717, 1.165) is 21.9 Å². The van der Waals surface area contributed by atoms with Gasteiger partial charge in [0.05, 0.1) is 11.8 Å². The Balaban J connectivity index is 1.67. The van der Waals surface area contributed by atoms with Crippen molar-refractivity contribution in [1.29, 1.82) is 0 Å². The Kier molecular flexibility index (Phi) is 4.27. The summed E-state index contributed by atoms with van der Waals surface area (Å²) in [6, 6.07) is 9.34. The Labute approximate surface area is 136 Å². The summed E-state index contributed by atoms with van der Waals surface area (Å²) in [5, 5.41) is 4.09. The molecule has 112 valence electrons. The zero-order valence-corrected chi connectivity index (χ0v) is 13.4. The van der Waals surface area contributed by atoms with Crippen molar-refractivity contribution in [2.75, 3.05) is 5.32 Å². The average Bonchev–Trinajstić information content (AvgIpc) is 3.10. The highest BCUT2D eigenvalue weighted by molar-refractivity contribution is 7.15. The van der Waals surface area contributed by atoms with E-state index in [4.69, 9.17) is 16.0 Å². The minimum Gasteiger partial charge on any atom is -0.469 e. The fraction of sp³-hybridized carbons (Fsp3) is 0.125. The fourth-order valence-electron chi connectivity index (χ4n) is 2.04. The third-order valence-electron chi connectivity index (χ3n) is 3.17. The number of aromatic nitrogens is 1. The summed E-state index contributed by atoms with van der Waals surface area (Å²) in [5.41, 5.74) is 1.67. The molecule has 6 heteroatoms. The van der Waals surface area contributed by atoms with E-state index in [2.05, 4.69) is 10.3 Å². The van der Waals surface area contributed by atoms with Crippen LogP contribution in [-0.2, 0) is 6.42 Å². The number of anilines is 1. The van der Waals surface area contributed by atoms with E-state index in [0.29, 0.717) is 16.5 Å². The second-order valence-electron chi connectivity index (χ2n) is 4.78. The lowest BCUT2D eigenvalue weighted by Crippen LogP contribution is -2.11. The summed E-state index contributed by atoms with van der Waals surface area (Å²) in [7, 11) is 0. The first kappa shape index (κ1) is 14.8. The number of carbonyl (C=O) groups excluding carboxylic acids is 1. The first-order valence-electron chi connectivity index (χ1n) is 6.66. The number of halogens is 1. The van der Waals surface area contributed by atoms with E-state index in [1.54, 1.807) is 19.2 Å². The molecule has 0 aliphatic carbocycles. The minimum atomic E-state index is -0.210. The van der Waals surface area contributed by atoms with Gasteiger partial charge in [-0.25, -0.2) is 4.98 Å². The van der Waals surface area contributed by atoms with Gasteiger partial charge in [-0.1, -0.05) is 23.7 Å². The second-order valence-corrected chi connectivity index (χ2v) is 6.33. The van der Waals surface area contributed by atoms with Crippen LogP contribution in [0.25, 0.3) is 0 Å². The molecule has 0 saturated heterocycles. The molecule has 0 spiro atoms. The number of hydrogen-bond donors (Lipinski definition) is 1. The van der Waals surface area contributed by atoms with Crippen molar-refractivity contribution in [1.82, 2.24) is 4.98 Å². The number of amides is 1. The molecule has 3 rings (SSSR count). The van der Waals surface area contributed by atoms with Gasteiger partial charge in [-0.15, -0.1) is 11.3 Å². The zero-order valence-electron chi connectivity index (χ0n) is 11.8. The molecule has 0 aliphatic rings. The third-order valence-corrected chi connectivity index (χ3v) is 4.33. The molecule has 2 aromatic heterocycles. The van der Waals surface area contributed by atoms with Gasteiger partial charge < -0.3 is 4.42 Å². The van der Waals surface area contributed by atoms with Crippen molar-refractivity contribution in [3.05, 3.63) is 69.6 Å². The molecule has 0 bridgehead atoms. The lowest BCUT2D eigenvalue weighted by Gasteiger charge is -2.00. The van der Waals surface area contributed by atoms with Crippen LogP contribution in [0.1, 0.15) is 26.6 Å². The molecule has 1 aromatic carbocycles. The van der Waals surface area contributed by atoms with Gasteiger partial charge in [0, 0.05) is 22.5 Å². The molecule has 1 amide bonds. The lowest BCUT2D eigenvalue weighted by molar-refractivity contribution is 0.102. The quantitative estimate of drug-likeness (QED) is 0.763. The van der Waals surface area contributed by atoms with Crippen LogP contribution in [0.15, 0.2) is 47.2 Å². The first-order valence-corrected chi connectivity index (χ1v) is 7.86. The summed E-state index contributed by atoms with van der Waals surface area (Å²) in [5.74, 6) is 0.383. The molecule has 0 aliphatic heterocycles. The zero-order chi connectivity index (χ0) is 15.5. The SMILES string of the molecule is Cc1occc1C(=O)Nc1ncc(Cc2ccc(Cl)cc2)s1. The molecule has 1 N–H and O–H groups in total. The monoisotopic (exact) mass is 332 g/mol. The number of aryl methyl sites for hydroxylation is 1. The molecule has 0 atom stereocenters.